The Kier molecular flexibility index (Phi) is 7.01. The van der Waals surface area contributed by atoms with Crippen molar-refractivity contribution in [1.82, 2.24) is 24.5 Å². The molecule has 1 aliphatic rings. The number of aromatic amines is 1. The molecule has 3 aromatic heterocycles. The Balaban J connectivity index is 1.39. The number of hydrogen-bond acceptors (Lipinski definition) is 7. The van der Waals surface area contributed by atoms with Crippen LogP contribution in [0.4, 0.5) is 5.82 Å². The molecular formula is C25H26Cl2N6O3S. The molecular weight excluding hydrogens is 535 g/mol. The molecule has 5 rings (SSSR count). The van der Waals surface area contributed by atoms with Crippen molar-refractivity contribution >= 4 is 49.9 Å². The van der Waals surface area contributed by atoms with E-state index < -0.39 is 10.0 Å². The Labute approximate surface area is 225 Å². The number of nitrogens with zero attached hydrogens (tertiary/aromatic N) is 5. The molecule has 1 saturated heterocycles. The minimum absolute atomic E-state index is 0.387. The first-order valence-electron chi connectivity index (χ1n) is 11.7. The summed E-state index contributed by atoms with van der Waals surface area (Å²) in [5, 5.41) is 9.40. The molecule has 194 valence electrons. The molecule has 1 atom stereocenters. The average molecular weight is 561 g/mol. The smallest absolute Gasteiger partial charge is 0.211 e. The van der Waals surface area contributed by atoms with Crippen molar-refractivity contribution in [3.63, 3.8) is 0 Å². The summed E-state index contributed by atoms with van der Waals surface area (Å²) in [6, 6.07) is 7.76. The number of halogens is 2. The molecule has 0 aliphatic carbocycles. The van der Waals surface area contributed by atoms with Crippen LogP contribution in [0, 0.1) is 6.92 Å². The molecule has 1 aromatic carbocycles. The molecule has 0 bridgehead atoms. The Morgan fingerprint density at radius 1 is 1.05 bits per heavy atom. The van der Waals surface area contributed by atoms with Gasteiger partial charge in [-0.3, -0.25) is 10.1 Å². The Morgan fingerprint density at radius 3 is 2.41 bits per heavy atom. The number of anilines is 1. The van der Waals surface area contributed by atoms with Gasteiger partial charge in [-0.15, -0.1) is 0 Å². The maximum absolute atomic E-state index is 11.8. The number of ether oxygens (including phenoxy) is 1. The second kappa shape index (κ2) is 10.1. The number of benzene rings is 1. The zero-order chi connectivity index (χ0) is 26.3. The van der Waals surface area contributed by atoms with E-state index in [1.807, 2.05) is 38.1 Å². The molecule has 37 heavy (non-hydrogen) atoms. The molecule has 4 aromatic rings. The number of piperazine rings is 1. The minimum atomic E-state index is -3.18. The van der Waals surface area contributed by atoms with Crippen LogP contribution >= 0.6 is 23.2 Å². The molecule has 9 nitrogen and oxygen atoms in total. The van der Waals surface area contributed by atoms with Crippen LogP contribution in [-0.2, 0) is 10.0 Å². The van der Waals surface area contributed by atoms with Crippen molar-refractivity contribution in [1.29, 1.82) is 0 Å². The predicted octanol–water partition coefficient (Wildman–Crippen LogP) is 4.86. The van der Waals surface area contributed by atoms with E-state index >= 15 is 0 Å². The van der Waals surface area contributed by atoms with Crippen LogP contribution in [-0.4, -0.2) is 65.3 Å². The van der Waals surface area contributed by atoms with Crippen molar-refractivity contribution in [2.45, 2.75) is 20.0 Å². The van der Waals surface area contributed by atoms with Crippen molar-refractivity contribution in [3.05, 3.63) is 64.0 Å². The van der Waals surface area contributed by atoms with E-state index in [2.05, 4.69) is 20.1 Å². The zero-order valence-corrected chi connectivity index (χ0v) is 22.9. The third-order valence-electron chi connectivity index (χ3n) is 6.48. The van der Waals surface area contributed by atoms with E-state index in [4.69, 9.17) is 32.9 Å². The fourth-order valence-corrected chi connectivity index (χ4v) is 6.12. The highest BCUT2D eigenvalue weighted by molar-refractivity contribution is 7.88. The van der Waals surface area contributed by atoms with Gasteiger partial charge in [-0.2, -0.15) is 9.40 Å². The van der Waals surface area contributed by atoms with Gasteiger partial charge in [0.2, 0.25) is 10.0 Å². The highest BCUT2D eigenvalue weighted by atomic mass is 35.5. The highest BCUT2D eigenvalue weighted by Crippen LogP contribution is 2.35. The lowest BCUT2D eigenvalue weighted by Gasteiger charge is -2.34. The van der Waals surface area contributed by atoms with Crippen LogP contribution in [0.25, 0.3) is 22.2 Å². The molecule has 0 saturated carbocycles. The van der Waals surface area contributed by atoms with Crippen LogP contribution in [0.1, 0.15) is 24.2 Å². The van der Waals surface area contributed by atoms with Gasteiger partial charge < -0.3 is 9.64 Å². The number of hydrogen-bond donors (Lipinski definition) is 1. The van der Waals surface area contributed by atoms with Crippen molar-refractivity contribution in [2.24, 2.45) is 0 Å². The monoisotopic (exact) mass is 560 g/mol. The standard InChI is InChI=1S/C25H26Cl2N6O3S/c1-15-10-17(12-29-25(15)32-6-8-33(9-7-32)37(3,34)35)24-19-11-18(4-5-22(19)30-31-24)36-16(2)23-20(26)13-28-14-21(23)27/h4-5,10-14,16H,6-9H2,1-3H3,(H,30,31)/t16-/m1/s1. The molecule has 0 radical (unpaired) electrons. The second-order valence-electron chi connectivity index (χ2n) is 9.07. The van der Waals surface area contributed by atoms with Gasteiger partial charge >= 0.3 is 0 Å². The second-order valence-corrected chi connectivity index (χ2v) is 11.9. The molecule has 1 fully saturated rings. The van der Waals surface area contributed by atoms with Gasteiger partial charge in [0.25, 0.3) is 0 Å². The van der Waals surface area contributed by atoms with Gasteiger partial charge in [-0.25, -0.2) is 13.4 Å². The third kappa shape index (κ3) is 5.24. The van der Waals surface area contributed by atoms with Crippen LogP contribution < -0.4 is 9.64 Å². The molecule has 4 heterocycles. The van der Waals surface area contributed by atoms with E-state index in [1.165, 1.54) is 10.6 Å². The van der Waals surface area contributed by atoms with Crippen LogP contribution in [0.15, 0.2) is 42.9 Å². The van der Waals surface area contributed by atoms with Gasteiger partial charge in [0.15, 0.2) is 0 Å². The van der Waals surface area contributed by atoms with Gasteiger partial charge in [-0.05, 0) is 43.7 Å². The van der Waals surface area contributed by atoms with Gasteiger partial charge in [0, 0.05) is 61.3 Å². The quantitative estimate of drug-likeness (QED) is 0.359. The number of pyridine rings is 2. The lowest BCUT2D eigenvalue weighted by molar-refractivity contribution is 0.227. The van der Waals surface area contributed by atoms with Crippen molar-refractivity contribution in [3.8, 4) is 17.0 Å². The maximum atomic E-state index is 11.8. The lowest BCUT2D eigenvalue weighted by Crippen LogP contribution is -2.48. The number of sulfonamides is 1. The SMILES string of the molecule is Cc1cc(-c2n[nH]c3ccc(O[C@H](C)c4c(Cl)cncc4Cl)cc23)cnc1N1CCN(S(C)(=O)=O)CC1. The topological polar surface area (TPSA) is 104 Å². The Bertz CT molecular complexity index is 1550. The Hall–Kier alpha value is -2.92. The van der Waals surface area contributed by atoms with E-state index in [-0.39, 0.29) is 6.10 Å². The first-order valence-corrected chi connectivity index (χ1v) is 14.3. The molecule has 1 N–H and O–H groups in total. The fourth-order valence-electron chi connectivity index (χ4n) is 4.62. The Morgan fingerprint density at radius 2 is 1.76 bits per heavy atom. The normalized spacial score (nSPS) is 15.8. The number of aromatic nitrogens is 4. The van der Waals surface area contributed by atoms with Crippen LogP contribution in [0.5, 0.6) is 5.75 Å². The first-order chi connectivity index (χ1) is 17.6. The number of rotatable bonds is 6. The molecule has 0 unspecified atom stereocenters. The summed E-state index contributed by atoms with van der Waals surface area (Å²) >= 11 is 12.6. The largest absolute Gasteiger partial charge is 0.486 e. The summed E-state index contributed by atoms with van der Waals surface area (Å²) in [4.78, 5) is 10.8. The summed E-state index contributed by atoms with van der Waals surface area (Å²) < 4.78 is 31.3. The zero-order valence-electron chi connectivity index (χ0n) is 20.6. The molecule has 12 heteroatoms. The van der Waals surface area contributed by atoms with Crippen molar-refractivity contribution in [2.75, 3.05) is 37.3 Å². The molecule has 0 amide bonds. The van der Waals surface area contributed by atoms with Gasteiger partial charge in [0.05, 0.1) is 21.8 Å². The predicted molar refractivity (Wildman–Crippen MR) is 146 cm³/mol. The summed E-state index contributed by atoms with van der Waals surface area (Å²) in [7, 11) is -3.18. The van der Waals surface area contributed by atoms with Crippen LogP contribution in [0.3, 0.4) is 0 Å². The van der Waals surface area contributed by atoms with E-state index in [9.17, 15) is 8.42 Å². The summed E-state index contributed by atoms with van der Waals surface area (Å²) in [5.41, 5.74) is 4.17. The number of aryl methyl sites for hydroxylation is 1. The fraction of sp³-hybridized carbons (Fsp3) is 0.320. The van der Waals surface area contributed by atoms with E-state index in [0.29, 0.717) is 47.5 Å². The van der Waals surface area contributed by atoms with Gasteiger partial charge in [-0.1, -0.05) is 23.2 Å². The number of nitrogens with one attached hydrogen (secondary N) is 1. The first kappa shape index (κ1) is 25.7. The van der Waals surface area contributed by atoms with E-state index in [0.717, 1.165) is 33.5 Å². The number of fused-ring (bicyclic) bond motifs is 1. The third-order valence-corrected chi connectivity index (χ3v) is 8.38. The molecule has 0 spiro atoms. The van der Waals surface area contributed by atoms with E-state index in [1.54, 1.807) is 18.6 Å². The summed E-state index contributed by atoms with van der Waals surface area (Å²) in [5.74, 6) is 1.50. The summed E-state index contributed by atoms with van der Waals surface area (Å²) in [6.07, 6.45) is 5.75. The maximum Gasteiger partial charge on any atom is 0.211 e. The number of H-pyrrole nitrogens is 1. The van der Waals surface area contributed by atoms with Crippen molar-refractivity contribution < 1.29 is 13.2 Å². The van der Waals surface area contributed by atoms with Gasteiger partial charge in [0.1, 0.15) is 23.4 Å². The van der Waals surface area contributed by atoms with Crippen LogP contribution in [0.2, 0.25) is 10.0 Å². The molecule has 1 aliphatic heterocycles. The minimum Gasteiger partial charge on any atom is -0.486 e. The highest BCUT2D eigenvalue weighted by Gasteiger charge is 2.25. The average Bonchev–Trinajstić information content (AvgIpc) is 3.27. The summed E-state index contributed by atoms with van der Waals surface area (Å²) in [6.45, 7) is 5.97. The lowest BCUT2D eigenvalue weighted by atomic mass is 10.1.